The standard InChI is InChI=1S/C11H13NO/c1-9-2-4-10(5-3-9)6-11-7-13-8-12-11/h2-5,8,11H,6-7H2,1H3. The van der Waals surface area contributed by atoms with E-state index in [2.05, 4.69) is 36.2 Å². The molecule has 2 heteroatoms. The highest BCUT2D eigenvalue weighted by atomic mass is 16.5. The summed E-state index contributed by atoms with van der Waals surface area (Å²) in [4.78, 5) is 4.21. The van der Waals surface area contributed by atoms with Crippen LogP contribution in [0.15, 0.2) is 29.3 Å². The molecule has 1 atom stereocenters. The summed E-state index contributed by atoms with van der Waals surface area (Å²) >= 11 is 0. The normalized spacial score (nSPS) is 20.2. The van der Waals surface area contributed by atoms with E-state index in [0.717, 1.165) is 13.0 Å². The molecule has 0 aromatic heterocycles. The van der Waals surface area contributed by atoms with Crippen molar-refractivity contribution < 1.29 is 4.74 Å². The fraction of sp³-hybridized carbons (Fsp3) is 0.364. The molecule has 1 heterocycles. The zero-order valence-corrected chi connectivity index (χ0v) is 7.73. The molecule has 1 aromatic rings. The predicted octanol–water partition coefficient (Wildman–Crippen LogP) is 1.96. The third kappa shape index (κ3) is 2.08. The van der Waals surface area contributed by atoms with E-state index < -0.39 is 0 Å². The molecule has 0 amide bonds. The Hall–Kier alpha value is -1.31. The Morgan fingerprint density at radius 1 is 1.38 bits per heavy atom. The van der Waals surface area contributed by atoms with Gasteiger partial charge in [0.2, 0.25) is 0 Å². The van der Waals surface area contributed by atoms with Crippen LogP contribution in [-0.2, 0) is 11.2 Å². The maximum atomic E-state index is 5.06. The van der Waals surface area contributed by atoms with Crippen LogP contribution in [0.4, 0.5) is 0 Å². The van der Waals surface area contributed by atoms with Crippen LogP contribution in [0.25, 0.3) is 0 Å². The molecule has 0 radical (unpaired) electrons. The van der Waals surface area contributed by atoms with E-state index in [4.69, 9.17) is 4.74 Å². The molecule has 0 saturated heterocycles. The van der Waals surface area contributed by atoms with Gasteiger partial charge in [0.1, 0.15) is 6.61 Å². The second-order valence-corrected chi connectivity index (χ2v) is 3.43. The topological polar surface area (TPSA) is 21.6 Å². The Morgan fingerprint density at radius 3 is 2.77 bits per heavy atom. The van der Waals surface area contributed by atoms with E-state index in [9.17, 15) is 0 Å². The van der Waals surface area contributed by atoms with Crippen molar-refractivity contribution in [2.45, 2.75) is 19.4 Å². The average Bonchev–Trinajstić information content (AvgIpc) is 2.62. The Bertz CT molecular complexity index is 302. The Balaban J connectivity index is 2.01. The van der Waals surface area contributed by atoms with Crippen LogP contribution in [0.1, 0.15) is 11.1 Å². The fourth-order valence-corrected chi connectivity index (χ4v) is 1.43. The molecule has 1 unspecified atom stereocenters. The lowest BCUT2D eigenvalue weighted by atomic mass is 10.1. The minimum absolute atomic E-state index is 0.322. The number of hydrogen-bond acceptors (Lipinski definition) is 2. The maximum absolute atomic E-state index is 5.06. The van der Waals surface area contributed by atoms with Crippen molar-refractivity contribution in [1.82, 2.24) is 0 Å². The third-order valence-electron chi connectivity index (χ3n) is 2.23. The molecule has 0 fully saturated rings. The second-order valence-electron chi connectivity index (χ2n) is 3.43. The zero-order chi connectivity index (χ0) is 9.10. The molecule has 2 rings (SSSR count). The summed E-state index contributed by atoms with van der Waals surface area (Å²) in [5, 5.41) is 0. The molecular weight excluding hydrogens is 162 g/mol. The van der Waals surface area contributed by atoms with Crippen molar-refractivity contribution in [2.75, 3.05) is 6.61 Å². The summed E-state index contributed by atoms with van der Waals surface area (Å²) in [6.07, 6.45) is 2.54. The smallest absolute Gasteiger partial charge is 0.169 e. The molecule has 1 aliphatic heterocycles. The van der Waals surface area contributed by atoms with E-state index >= 15 is 0 Å². The summed E-state index contributed by atoms with van der Waals surface area (Å²) in [6.45, 7) is 2.83. The summed E-state index contributed by atoms with van der Waals surface area (Å²) in [5.41, 5.74) is 2.63. The first-order chi connectivity index (χ1) is 6.34. The lowest BCUT2D eigenvalue weighted by Crippen LogP contribution is -2.09. The van der Waals surface area contributed by atoms with Crippen molar-refractivity contribution in [1.29, 1.82) is 0 Å². The second kappa shape index (κ2) is 3.60. The summed E-state index contributed by atoms with van der Waals surface area (Å²) in [5.74, 6) is 0. The van der Waals surface area contributed by atoms with Crippen LogP contribution in [-0.4, -0.2) is 19.0 Å². The Kier molecular flexibility index (Phi) is 2.30. The van der Waals surface area contributed by atoms with E-state index in [1.165, 1.54) is 11.1 Å². The minimum atomic E-state index is 0.322. The van der Waals surface area contributed by atoms with Crippen LogP contribution in [0.5, 0.6) is 0 Å². The van der Waals surface area contributed by atoms with Gasteiger partial charge in [-0.3, -0.25) is 4.99 Å². The monoisotopic (exact) mass is 175 g/mol. The molecule has 2 nitrogen and oxygen atoms in total. The van der Waals surface area contributed by atoms with Crippen molar-refractivity contribution in [3.05, 3.63) is 35.4 Å². The van der Waals surface area contributed by atoms with Crippen molar-refractivity contribution in [2.24, 2.45) is 4.99 Å². The van der Waals surface area contributed by atoms with Crippen LogP contribution in [0.3, 0.4) is 0 Å². The first kappa shape index (κ1) is 8.30. The predicted molar refractivity (Wildman–Crippen MR) is 53.1 cm³/mol. The quantitative estimate of drug-likeness (QED) is 0.673. The zero-order valence-electron chi connectivity index (χ0n) is 7.73. The number of rotatable bonds is 2. The molecule has 0 N–H and O–H groups in total. The average molecular weight is 175 g/mol. The fourth-order valence-electron chi connectivity index (χ4n) is 1.43. The van der Waals surface area contributed by atoms with E-state index in [1.807, 2.05) is 0 Å². The van der Waals surface area contributed by atoms with Gasteiger partial charge in [0.25, 0.3) is 0 Å². The molecule has 1 aromatic carbocycles. The molecule has 0 aliphatic carbocycles. The summed E-state index contributed by atoms with van der Waals surface area (Å²) in [7, 11) is 0. The van der Waals surface area contributed by atoms with Gasteiger partial charge in [0, 0.05) is 0 Å². The Morgan fingerprint density at radius 2 is 2.15 bits per heavy atom. The third-order valence-corrected chi connectivity index (χ3v) is 2.23. The highest BCUT2D eigenvalue weighted by molar-refractivity contribution is 5.49. The summed E-state index contributed by atoms with van der Waals surface area (Å²) in [6, 6.07) is 8.90. The number of aryl methyl sites for hydroxylation is 1. The highest BCUT2D eigenvalue weighted by Crippen LogP contribution is 2.10. The van der Waals surface area contributed by atoms with Gasteiger partial charge in [-0.2, -0.15) is 0 Å². The molecule has 68 valence electrons. The van der Waals surface area contributed by atoms with Crippen molar-refractivity contribution in [3.63, 3.8) is 0 Å². The largest absolute Gasteiger partial charge is 0.481 e. The maximum Gasteiger partial charge on any atom is 0.169 e. The van der Waals surface area contributed by atoms with Crippen molar-refractivity contribution in [3.8, 4) is 0 Å². The number of hydrogen-bond donors (Lipinski definition) is 0. The van der Waals surface area contributed by atoms with Gasteiger partial charge in [-0.25, -0.2) is 0 Å². The Labute approximate surface area is 78.3 Å². The summed E-state index contributed by atoms with van der Waals surface area (Å²) < 4.78 is 5.06. The van der Waals surface area contributed by atoms with E-state index in [1.54, 1.807) is 6.40 Å². The molecular formula is C11H13NO. The lowest BCUT2D eigenvalue weighted by molar-refractivity contribution is 0.327. The molecule has 0 saturated carbocycles. The number of benzene rings is 1. The number of nitrogens with zero attached hydrogens (tertiary/aromatic N) is 1. The minimum Gasteiger partial charge on any atom is -0.481 e. The van der Waals surface area contributed by atoms with Gasteiger partial charge in [-0.05, 0) is 18.9 Å². The molecule has 1 aliphatic rings. The first-order valence-corrected chi connectivity index (χ1v) is 4.53. The first-order valence-electron chi connectivity index (χ1n) is 4.53. The van der Waals surface area contributed by atoms with Gasteiger partial charge in [-0.15, -0.1) is 0 Å². The van der Waals surface area contributed by atoms with Crippen LogP contribution < -0.4 is 0 Å². The van der Waals surface area contributed by atoms with Gasteiger partial charge < -0.3 is 4.74 Å². The van der Waals surface area contributed by atoms with Crippen LogP contribution in [0, 0.1) is 6.92 Å². The SMILES string of the molecule is Cc1ccc(CC2COC=N2)cc1. The number of aliphatic imine (C=N–C) groups is 1. The van der Waals surface area contributed by atoms with Gasteiger partial charge in [-0.1, -0.05) is 29.8 Å². The van der Waals surface area contributed by atoms with Crippen LogP contribution >= 0.6 is 0 Å². The van der Waals surface area contributed by atoms with Crippen LogP contribution in [0.2, 0.25) is 0 Å². The van der Waals surface area contributed by atoms with E-state index in [-0.39, 0.29) is 0 Å². The van der Waals surface area contributed by atoms with E-state index in [0.29, 0.717) is 6.04 Å². The molecule has 0 spiro atoms. The highest BCUT2D eigenvalue weighted by Gasteiger charge is 2.11. The lowest BCUT2D eigenvalue weighted by Gasteiger charge is -2.05. The molecule has 0 bridgehead atoms. The van der Waals surface area contributed by atoms with Crippen molar-refractivity contribution >= 4 is 6.40 Å². The van der Waals surface area contributed by atoms with Gasteiger partial charge >= 0.3 is 0 Å². The molecule has 13 heavy (non-hydrogen) atoms. The van der Waals surface area contributed by atoms with Gasteiger partial charge in [0.05, 0.1) is 6.04 Å². The number of ether oxygens (including phenoxy) is 1. The van der Waals surface area contributed by atoms with Gasteiger partial charge in [0.15, 0.2) is 6.40 Å².